The molecule has 1 aromatic heterocycles. The van der Waals surface area contributed by atoms with E-state index < -0.39 is 0 Å². The van der Waals surface area contributed by atoms with Gasteiger partial charge in [0.25, 0.3) is 5.56 Å². The Labute approximate surface area is 191 Å². The number of benzene rings is 3. The Morgan fingerprint density at radius 2 is 1.62 bits per heavy atom. The summed E-state index contributed by atoms with van der Waals surface area (Å²) in [5.74, 6) is 0.0937. The van der Waals surface area contributed by atoms with Gasteiger partial charge in [0.05, 0.1) is 22.7 Å². The maximum Gasteiger partial charge on any atom is 0.262 e. The van der Waals surface area contributed by atoms with Crippen molar-refractivity contribution in [3.63, 3.8) is 0 Å². The van der Waals surface area contributed by atoms with Crippen molar-refractivity contribution in [3.05, 3.63) is 106 Å². The molecule has 1 amide bonds. The third kappa shape index (κ3) is 5.26. The Morgan fingerprint density at radius 1 is 0.969 bits per heavy atom. The van der Waals surface area contributed by atoms with Gasteiger partial charge in [-0.3, -0.25) is 14.2 Å². The maximum absolute atomic E-state index is 13.2. The van der Waals surface area contributed by atoms with Crippen LogP contribution in [0.1, 0.15) is 24.1 Å². The number of amides is 1. The summed E-state index contributed by atoms with van der Waals surface area (Å²) in [6.07, 6.45) is 0.714. The number of rotatable bonds is 8. The second-order valence-corrected chi connectivity index (χ2v) is 8.53. The van der Waals surface area contributed by atoms with Gasteiger partial charge in [-0.2, -0.15) is 0 Å². The molecule has 0 fully saturated rings. The Kier molecular flexibility index (Phi) is 7.02. The van der Waals surface area contributed by atoms with Crippen LogP contribution in [0.3, 0.4) is 0 Å². The summed E-state index contributed by atoms with van der Waals surface area (Å²) >= 11 is 1.30. The second-order valence-electron chi connectivity index (χ2n) is 7.59. The molecule has 1 atom stereocenters. The fraction of sp³-hybridized carbons (Fsp3) is 0.192. The van der Waals surface area contributed by atoms with Gasteiger partial charge in [-0.1, -0.05) is 84.6 Å². The number of hydrogen-bond acceptors (Lipinski definition) is 4. The maximum atomic E-state index is 13.2. The van der Waals surface area contributed by atoms with Gasteiger partial charge in [0.1, 0.15) is 0 Å². The van der Waals surface area contributed by atoms with Gasteiger partial charge in [-0.15, -0.1) is 0 Å². The van der Waals surface area contributed by atoms with Gasteiger partial charge < -0.3 is 5.32 Å². The van der Waals surface area contributed by atoms with Crippen LogP contribution in [-0.2, 0) is 17.8 Å². The fourth-order valence-corrected chi connectivity index (χ4v) is 4.42. The van der Waals surface area contributed by atoms with E-state index in [0.717, 1.165) is 11.1 Å². The smallest absolute Gasteiger partial charge is 0.262 e. The molecular formula is C26H25N3O2S. The molecule has 1 heterocycles. The largest absolute Gasteiger partial charge is 0.349 e. The van der Waals surface area contributed by atoms with Crippen LogP contribution in [0.25, 0.3) is 10.9 Å². The summed E-state index contributed by atoms with van der Waals surface area (Å²) in [5.41, 5.74) is 2.77. The number of fused-ring (bicyclic) bond motifs is 1. The minimum absolute atomic E-state index is 0.0768. The number of carbonyl (C=O) groups is 1. The monoisotopic (exact) mass is 443 g/mol. The van der Waals surface area contributed by atoms with E-state index in [9.17, 15) is 9.59 Å². The average molecular weight is 444 g/mol. The third-order valence-electron chi connectivity index (χ3n) is 5.30. The van der Waals surface area contributed by atoms with E-state index in [4.69, 9.17) is 4.98 Å². The quantitative estimate of drug-likeness (QED) is 0.319. The van der Waals surface area contributed by atoms with Crippen LogP contribution in [0.15, 0.2) is 94.9 Å². The number of hydrogen-bond donors (Lipinski definition) is 1. The number of carbonyl (C=O) groups excluding carboxylic acids is 1. The molecule has 32 heavy (non-hydrogen) atoms. The summed E-state index contributed by atoms with van der Waals surface area (Å²) in [4.78, 5) is 30.5. The predicted octanol–water partition coefficient (Wildman–Crippen LogP) is 4.61. The number of aryl methyl sites for hydroxylation is 1. The Balaban J connectivity index is 1.52. The lowest BCUT2D eigenvalue weighted by Gasteiger charge is -2.15. The van der Waals surface area contributed by atoms with E-state index in [-0.39, 0.29) is 23.3 Å². The number of nitrogens with zero attached hydrogens (tertiary/aromatic N) is 2. The zero-order valence-electron chi connectivity index (χ0n) is 17.9. The first-order chi connectivity index (χ1) is 15.6. The topological polar surface area (TPSA) is 64.0 Å². The lowest BCUT2D eigenvalue weighted by molar-refractivity contribution is -0.119. The SMILES string of the molecule is C[C@H](NC(=O)CSc1nc2ccccc2c(=O)n1CCc1ccccc1)c1ccccc1. The molecule has 6 heteroatoms. The van der Waals surface area contributed by atoms with E-state index in [1.54, 1.807) is 10.6 Å². The minimum atomic E-state index is -0.0941. The normalized spacial score (nSPS) is 11.9. The molecule has 0 aliphatic carbocycles. The summed E-state index contributed by atoms with van der Waals surface area (Å²) in [6.45, 7) is 2.47. The Morgan fingerprint density at radius 3 is 2.38 bits per heavy atom. The molecule has 1 N–H and O–H groups in total. The molecule has 0 spiro atoms. The van der Waals surface area contributed by atoms with Crippen molar-refractivity contribution >= 4 is 28.6 Å². The summed E-state index contributed by atoms with van der Waals surface area (Å²) < 4.78 is 1.69. The number of para-hydroxylation sites is 1. The number of aromatic nitrogens is 2. The first-order valence-electron chi connectivity index (χ1n) is 10.6. The molecule has 0 aliphatic rings. The van der Waals surface area contributed by atoms with Crippen molar-refractivity contribution in [2.45, 2.75) is 31.1 Å². The van der Waals surface area contributed by atoms with Crippen molar-refractivity contribution in [2.24, 2.45) is 0 Å². The highest BCUT2D eigenvalue weighted by atomic mass is 32.2. The van der Waals surface area contributed by atoms with Crippen molar-refractivity contribution in [2.75, 3.05) is 5.75 Å². The molecule has 0 saturated carbocycles. The van der Waals surface area contributed by atoms with Gasteiger partial charge in [0.2, 0.25) is 5.91 Å². The summed E-state index contributed by atoms with van der Waals surface area (Å²) in [7, 11) is 0. The standard InChI is InChI=1S/C26H25N3O2S/c1-19(21-12-6-3-7-13-21)27-24(30)18-32-26-28-23-15-9-8-14-22(23)25(31)29(26)17-16-20-10-4-2-5-11-20/h2-15,19H,16-18H2,1H3,(H,27,30)/t19-/m0/s1. The van der Waals surface area contributed by atoms with Crippen molar-refractivity contribution in [1.29, 1.82) is 0 Å². The van der Waals surface area contributed by atoms with Gasteiger partial charge in [-0.25, -0.2) is 4.98 Å². The molecule has 5 nitrogen and oxygen atoms in total. The molecule has 0 radical (unpaired) electrons. The van der Waals surface area contributed by atoms with E-state index in [1.807, 2.05) is 85.8 Å². The molecule has 0 aliphatic heterocycles. The molecule has 4 rings (SSSR count). The molecule has 0 unspecified atom stereocenters. The molecule has 3 aromatic carbocycles. The zero-order chi connectivity index (χ0) is 22.3. The van der Waals surface area contributed by atoms with Gasteiger partial charge in [0.15, 0.2) is 5.16 Å². The highest BCUT2D eigenvalue weighted by Gasteiger charge is 2.15. The minimum Gasteiger partial charge on any atom is -0.349 e. The number of thioether (sulfide) groups is 1. The summed E-state index contributed by atoms with van der Waals surface area (Å²) in [5, 5.41) is 4.17. The third-order valence-corrected chi connectivity index (χ3v) is 6.28. The highest BCUT2D eigenvalue weighted by molar-refractivity contribution is 7.99. The fourth-order valence-electron chi connectivity index (χ4n) is 3.58. The van der Waals surface area contributed by atoms with Crippen molar-refractivity contribution < 1.29 is 4.79 Å². The lowest BCUT2D eigenvalue weighted by atomic mass is 10.1. The van der Waals surface area contributed by atoms with Crippen LogP contribution in [0.5, 0.6) is 0 Å². The Bertz CT molecular complexity index is 1260. The van der Waals surface area contributed by atoms with Gasteiger partial charge in [0, 0.05) is 6.54 Å². The second kappa shape index (κ2) is 10.3. The number of nitrogens with one attached hydrogen (secondary N) is 1. The van der Waals surface area contributed by atoms with Crippen LogP contribution in [0.2, 0.25) is 0 Å². The average Bonchev–Trinajstić information content (AvgIpc) is 2.83. The molecule has 4 aromatic rings. The van der Waals surface area contributed by atoms with Gasteiger partial charge in [-0.05, 0) is 36.6 Å². The van der Waals surface area contributed by atoms with E-state index in [1.165, 1.54) is 11.8 Å². The zero-order valence-corrected chi connectivity index (χ0v) is 18.7. The highest BCUT2D eigenvalue weighted by Crippen LogP contribution is 2.19. The van der Waals surface area contributed by atoms with Crippen molar-refractivity contribution in [3.8, 4) is 0 Å². The molecular weight excluding hydrogens is 418 g/mol. The van der Waals surface area contributed by atoms with Crippen LogP contribution in [0.4, 0.5) is 0 Å². The van der Waals surface area contributed by atoms with E-state index >= 15 is 0 Å². The van der Waals surface area contributed by atoms with E-state index in [2.05, 4.69) is 5.32 Å². The molecule has 0 saturated heterocycles. The first kappa shape index (κ1) is 21.8. The molecule has 0 bridgehead atoms. The summed E-state index contributed by atoms with van der Waals surface area (Å²) in [6, 6.07) is 27.1. The first-order valence-corrected chi connectivity index (χ1v) is 11.6. The van der Waals surface area contributed by atoms with Crippen LogP contribution >= 0.6 is 11.8 Å². The molecule has 162 valence electrons. The Hall–Kier alpha value is -3.38. The van der Waals surface area contributed by atoms with Crippen LogP contribution in [-0.4, -0.2) is 21.2 Å². The predicted molar refractivity (Wildman–Crippen MR) is 130 cm³/mol. The van der Waals surface area contributed by atoms with Gasteiger partial charge >= 0.3 is 0 Å². The van der Waals surface area contributed by atoms with Crippen LogP contribution in [0, 0.1) is 0 Å². The van der Waals surface area contributed by atoms with E-state index in [0.29, 0.717) is 29.0 Å². The lowest BCUT2D eigenvalue weighted by Crippen LogP contribution is -2.29. The van der Waals surface area contributed by atoms with Crippen molar-refractivity contribution in [1.82, 2.24) is 14.9 Å². The van der Waals surface area contributed by atoms with Crippen LogP contribution < -0.4 is 10.9 Å².